The molecule has 0 heterocycles. The third-order valence-electron chi connectivity index (χ3n) is 0.803. The maximum absolute atomic E-state index is 9.87. The topological polar surface area (TPSA) is 49.3 Å². The molecule has 5 heteroatoms. The molecule has 1 atom stereocenters. The summed E-state index contributed by atoms with van der Waals surface area (Å²) < 4.78 is 0. The number of likely N-dealkylation sites (N-methyl/N-ethyl adjacent to an activating group) is 1. The van der Waals surface area contributed by atoms with E-state index in [-0.39, 0.29) is 0 Å². The van der Waals surface area contributed by atoms with Crippen LogP contribution in [0.2, 0.25) is 0 Å². The summed E-state index contributed by atoms with van der Waals surface area (Å²) >= 11 is 7.33. The molecule has 2 N–H and O–H groups in total. The highest BCUT2D eigenvalue weighted by Gasteiger charge is 2.04. The molecular formula is C4H9NO2S2. The van der Waals surface area contributed by atoms with Crippen LogP contribution in [0, 0.1) is 0 Å². The lowest BCUT2D eigenvalue weighted by molar-refractivity contribution is -0.138. The molecule has 0 fully saturated rings. The number of nitrogens with one attached hydrogen (secondary N) is 1. The van der Waals surface area contributed by atoms with Crippen molar-refractivity contribution < 1.29 is 9.90 Å². The Morgan fingerprint density at radius 3 is 2.00 bits per heavy atom. The Bertz CT molecular complexity index is 88.6. The molecule has 0 radical (unpaired) electrons. The molecule has 3 nitrogen and oxygen atoms in total. The van der Waals surface area contributed by atoms with Gasteiger partial charge in [0.1, 0.15) is 6.04 Å². The fourth-order valence-electron chi connectivity index (χ4n) is 0.123. The van der Waals surface area contributed by atoms with Gasteiger partial charge in [-0.25, -0.2) is 0 Å². The van der Waals surface area contributed by atoms with Crippen molar-refractivity contribution in [1.82, 2.24) is 5.32 Å². The first kappa shape index (κ1) is 11.6. The molecule has 0 aliphatic heterocycles. The Hall–Kier alpha value is -0.130. The molecule has 0 saturated heterocycles. The molecule has 0 unspecified atom stereocenters. The minimum absolute atomic E-state index is 0.431. The first-order valence-electron chi connectivity index (χ1n) is 2.25. The summed E-state index contributed by atoms with van der Waals surface area (Å²) in [6, 6.07) is -0.431. The summed E-state index contributed by atoms with van der Waals surface area (Å²) in [5.74, 6) is -0.817. The van der Waals surface area contributed by atoms with Gasteiger partial charge in [-0.05, 0) is 14.0 Å². The van der Waals surface area contributed by atoms with E-state index < -0.39 is 12.0 Å². The van der Waals surface area contributed by atoms with Gasteiger partial charge >= 0.3 is 5.97 Å². The second-order valence-electron chi connectivity index (χ2n) is 1.35. The fourth-order valence-corrected chi connectivity index (χ4v) is 0.123. The van der Waals surface area contributed by atoms with Crippen LogP contribution in [0.3, 0.4) is 0 Å². The summed E-state index contributed by atoms with van der Waals surface area (Å²) in [5, 5.41) is 10.7. The number of aliphatic carboxylic acids is 1. The summed E-state index contributed by atoms with van der Waals surface area (Å²) in [6.45, 7) is 1.59. The summed E-state index contributed by atoms with van der Waals surface area (Å²) in [6.07, 6.45) is 0. The van der Waals surface area contributed by atoms with E-state index in [2.05, 4.69) is 27.7 Å². The van der Waals surface area contributed by atoms with Gasteiger partial charge in [0.15, 0.2) is 0 Å². The zero-order chi connectivity index (χ0) is 7.86. The van der Waals surface area contributed by atoms with Crippen LogP contribution in [-0.4, -0.2) is 24.2 Å². The smallest absolute Gasteiger partial charge is 0.320 e. The maximum atomic E-state index is 9.87. The molecule has 0 saturated carbocycles. The lowest BCUT2D eigenvalue weighted by Crippen LogP contribution is -2.29. The van der Waals surface area contributed by atoms with Crippen LogP contribution in [0.1, 0.15) is 6.92 Å². The van der Waals surface area contributed by atoms with Crippen molar-refractivity contribution in [2.45, 2.75) is 13.0 Å². The largest absolute Gasteiger partial charge is 0.480 e. The number of hydrogen-bond acceptors (Lipinski definition) is 4. The Kier molecular flexibility index (Phi) is 10.2. The van der Waals surface area contributed by atoms with E-state index >= 15 is 0 Å². The number of hydrogen-bond donors (Lipinski definition) is 2. The molecule has 54 valence electrons. The zero-order valence-corrected chi connectivity index (χ0v) is 6.88. The minimum atomic E-state index is -0.817. The summed E-state index contributed by atoms with van der Waals surface area (Å²) in [5.41, 5.74) is 0. The fraction of sp³-hybridized carbons (Fsp3) is 0.750. The minimum Gasteiger partial charge on any atom is -0.480 e. The van der Waals surface area contributed by atoms with Gasteiger partial charge in [0, 0.05) is 22.4 Å². The van der Waals surface area contributed by atoms with Crippen molar-refractivity contribution in [3.05, 3.63) is 0 Å². The van der Waals surface area contributed by atoms with E-state index in [9.17, 15) is 4.79 Å². The van der Waals surface area contributed by atoms with E-state index in [0.29, 0.717) is 0 Å². The lowest BCUT2D eigenvalue weighted by Gasteiger charge is -1.99. The van der Waals surface area contributed by atoms with Crippen LogP contribution in [0.4, 0.5) is 0 Å². The average molecular weight is 167 g/mol. The van der Waals surface area contributed by atoms with Crippen LogP contribution in [0.15, 0.2) is 0 Å². The first-order valence-corrected chi connectivity index (χ1v) is 3.58. The number of rotatable bonds is 2. The standard InChI is InChI=1S/C4H9NO2.S2/c1-3(5-2)4(6)7;1-2/h3,5H,1-2H3,(H,6,7);/t3-;/m0./s1. The molecule has 0 aromatic heterocycles. The van der Waals surface area contributed by atoms with Crippen molar-refractivity contribution in [2.24, 2.45) is 0 Å². The SMILES string of the molecule is CN[C@@H](C)C(=O)O.S=S. The molecule has 9 heavy (non-hydrogen) atoms. The molecule has 0 bridgehead atoms. The Labute approximate surface area is 64.1 Å². The van der Waals surface area contributed by atoms with E-state index in [4.69, 9.17) is 5.11 Å². The third-order valence-corrected chi connectivity index (χ3v) is 0.803. The van der Waals surface area contributed by atoms with Crippen LogP contribution in [0.25, 0.3) is 0 Å². The van der Waals surface area contributed by atoms with Crippen LogP contribution >= 0.6 is 0 Å². The van der Waals surface area contributed by atoms with Gasteiger partial charge in [0.2, 0.25) is 0 Å². The van der Waals surface area contributed by atoms with Gasteiger partial charge in [-0.1, -0.05) is 0 Å². The normalized spacial score (nSPS) is 10.9. The van der Waals surface area contributed by atoms with E-state index in [1.807, 2.05) is 0 Å². The Balaban J connectivity index is 0. The van der Waals surface area contributed by atoms with Crippen LogP contribution in [-0.2, 0) is 27.2 Å². The van der Waals surface area contributed by atoms with Gasteiger partial charge in [-0.2, -0.15) is 0 Å². The summed E-state index contributed by atoms with van der Waals surface area (Å²) in [7, 11) is 1.61. The maximum Gasteiger partial charge on any atom is 0.320 e. The molecule has 0 spiro atoms. The van der Waals surface area contributed by atoms with Gasteiger partial charge in [-0.15, -0.1) is 0 Å². The Morgan fingerprint density at radius 2 is 2.00 bits per heavy atom. The van der Waals surface area contributed by atoms with Crippen molar-refractivity contribution in [2.75, 3.05) is 7.05 Å². The average Bonchev–Trinajstić information content (AvgIpc) is 1.91. The van der Waals surface area contributed by atoms with Crippen molar-refractivity contribution in [3.8, 4) is 0 Å². The molecule has 0 aliphatic rings. The number of carboxylic acid groups (broad SMARTS) is 1. The van der Waals surface area contributed by atoms with Crippen LogP contribution < -0.4 is 5.32 Å². The van der Waals surface area contributed by atoms with Gasteiger partial charge < -0.3 is 10.4 Å². The van der Waals surface area contributed by atoms with Crippen LogP contribution in [0.5, 0.6) is 0 Å². The molecule has 0 aromatic carbocycles. The molecule has 0 aliphatic carbocycles. The molecule has 0 rings (SSSR count). The highest BCUT2D eigenvalue weighted by molar-refractivity contribution is 8.07. The Morgan fingerprint density at radius 1 is 1.67 bits per heavy atom. The van der Waals surface area contributed by atoms with Gasteiger partial charge in [-0.3, -0.25) is 4.79 Å². The van der Waals surface area contributed by atoms with Crippen molar-refractivity contribution in [1.29, 1.82) is 0 Å². The molecule has 0 aromatic rings. The third kappa shape index (κ3) is 7.87. The van der Waals surface area contributed by atoms with E-state index in [0.717, 1.165) is 0 Å². The van der Waals surface area contributed by atoms with Gasteiger partial charge in [0.25, 0.3) is 0 Å². The lowest BCUT2D eigenvalue weighted by atomic mass is 10.4. The number of carbonyl (C=O) groups is 1. The van der Waals surface area contributed by atoms with Crippen molar-refractivity contribution >= 4 is 28.3 Å². The number of carboxylic acids is 1. The highest BCUT2D eigenvalue weighted by Crippen LogP contribution is 1.74. The second-order valence-corrected chi connectivity index (χ2v) is 1.35. The van der Waals surface area contributed by atoms with Crippen molar-refractivity contribution in [3.63, 3.8) is 0 Å². The first-order chi connectivity index (χ1) is 4.18. The predicted octanol–water partition coefficient (Wildman–Crippen LogP) is -0.326. The van der Waals surface area contributed by atoms with E-state index in [1.54, 1.807) is 14.0 Å². The monoisotopic (exact) mass is 167 g/mol. The highest BCUT2D eigenvalue weighted by atomic mass is 32.8. The van der Waals surface area contributed by atoms with Gasteiger partial charge in [0.05, 0.1) is 0 Å². The molecular weight excluding hydrogens is 158 g/mol. The molecule has 0 amide bonds. The zero-order valence-electron chi connectivity index (χ0n) is 5.25. The van der Waals surface area contributed by atoms with E-state index in [1.165, 1.54) is 0 Å². The quantitative estimate of drug-likeness (QED) is 0.590. The summed E-state index contributed by atoms with van der Waals surface area (Å²) in [4.78, 5) is 9.87. The predicted molar refractivity (Wildman–Crippen MR) is 40.9 cm³/mol. The second kappa shape index (κ2) is 7.87.